The van der Waals surface area contributed by atoms with E-state index in [0.29, 0.717) is 41.9 Å². The van der Waals surface area contributed by atoms with Gasteiger partial charge in [-0.2, -0.15) is 0 Å². The molecule has 1 fully saturated rings. The lowest BCUT2D eigenvalue weighted by molar-refractivity contribution is 0.304. The van der Waals surface area contributed by atoms with Crippen molar-refractivity contribution in [2.24, 2.45) is 5.92 Å². The second kappa shape index (κ2) is 12.4. The molecule has 214 valence electrons. The Kier molecular flexibility index (Phi) is 8.97. The van der Waals surface area contributed by atoms with Crippen LogP contribution in [0.2, 0.25) is 0 Å². The first-order chi connectivity index (χ1) is 19.3. The number of halogens is 5. The van der Waals surface area contributed by atoms with Crippen molar-refractivity contribution in [3.8, 4) is 11.1 Å². The van der Waals surface area contributed by atoms with Gasteiger partial charge in [-0.3, -0.25) is 0 Å². The summed E-state index contributed by atoms with van der Waals surface area (Å²) in [4.78, 5) is 0. The highest BCUT2D eigenvalue weighted by Crippen LogP contribution is 2.46. The third-order valence-corrected chi connectivity index (χ3v) is 9.13. The summed E-state index contributed by atoms with van der Waals surface area (Å²) in [6, 6.07) is 8.94. The molecule has 0 aromatic heterocycles. The average molecular weight is 555 g/mol. The fourth-order valence-corrected chi connectivity index (χ4v) is 6.86. The van der Waals surface area contributed by atoms with Crippen molar-refractivity contribution in [1.82, 2.24) is 0 Å². The molecule has 0 heterocycles. The molecule has 0 amide bonds. The Labute approximate surface area is 235 Å². The Hall–Kier alpha value is -2.69. The maximum Gasteiger partial charge on any atom is 0.167 e. The summed E-state index contributed by atoms with van der Waals surface area (Å²) in [5, 5.41) is 0. The SMILES string of the molecule is CCCCCc1ccc(CCC2CCC(c3cc4c(c(F)c3F)-c3c(cc(CCC)c(F)c3F)C4)CC2)c(F)c1. The van der Waals surface area contributed by atoms with Gasteiger partial charge < -0.3 is 0 Å². The van der Waals surface area contributed by atoms with Gasteiger partial charge in [0, 0.05) is 11.1 Å². The zero-order chi connectivity index (χ0) is 28.4. The molecular formula is C35H39F5. The minimum atomic E-state index is -1.08. The van der Waals surface area contributed by atoms with E-state index >= 15 is 8.78 Å². The maximum atomic E-state index is 15.4. The summed E-state index contributed by atoms with van der Waals surface area (Å²) in [5.74, 6) is -3.86. The maximum absolute atomic E-state index is 15.4. The van der Waals surface area contributed by atoms with Crippen LogP contribution >= 0.6 is 0 Å². The van der Waals surface area contributed by atoms with Crippen LogP contribution in [0.1, 0.15) is 111 Å². The molecule has 5 rings (SSSR count). The smallest absolute Gasteiger partial charge is 0.167 e. The predicted octanol–water partition coefficient (Wildman–Crippen LogP) is 10.5. The van der Waals surface area contributed by atoms with E-state index in [4.69, 9.17) is 0 Å². The molecule has 2 aliphatic carbocycles. The summed E-state index contributed by atoms with van der Waals surface area (Å²) < 4.78 is 75.1. The van der Waals surface area contributed by atoms with Gasteiger partial charge in [-0.25, -0.2) is 22.0 Å². The Bertz CT molecular complexity index is 1370. The van der Waals surface area contributed by atoms with Crippen LogP contribution in [0.15, 0.2) is 30.3 Å². The van der Waals surface area contributed by atoms with Gasteiger partial charge in [0.25, 0.3) is 0 Å². The van der Waals surface area contributed by atoms with Crippen molar-refractivity contribution in [1.29, 1.82) is 0 Å². The normalized spacial score (nSPS) is 18.2. The summed E-state index contributed by atoms with van der Waals surface area (Å²) in [7, 11) is 0. The van der Waals surface area contributed by atoms with Crippen LogP contribution in [0, 0.1) is 35.0 Å². The molecule has 0 nitrogen and oxygen atoms in total. The number of aryl methyl sites for hydroxylation is 3. The van der Waals surface area contributed by atoms with E-state index < -0.39 is 23.3 Å². The van der Waals surface area contributed by atoms with Gasteiger partial charge in [0.15, 0.2) is 23.3 Å². The number of hydrogen-bond acceptors (Lipinski definition) is 0. The van der Waals surface area contributed by atoms with Crippen molar-refractivity contribution in [2.75, 3.05) is 0 Å². The zero-order valence-corrected chi connectivity index (χ0v) is 23.6. The molecule has 0 aliphatic heterocycles. The molecule has 0 atom stereocenters. The fraction of sp³-hybridized carbons (Fsp3) is 0.486. The molecule has 0 saturated heterocycles. The van der Waals surface area contributed by atoms with Crippen LogP contribution < -0.4 is 0 Å². The first-order valence-electron chi connectivity index (χ1n) is 15.1. The molecule has 5 heteroatoms. The molecule has 40 heavy (non-hydrogen) atoms. The van der Waals surface area contributed by atoms with E-state index in [1.54, 1.807) is 18.2 Å². The first-order valence-corrected chi connectivity index (χ1v) is 15.1. The van der Waals surface area contributed by atoms with E-state index in [1.807, 2.05) is 19.1 Å². The van der Waals surface area contributed by atoms with Crippen molar-refractivity contribution < 1.29 is 22.0 Å². The third-order valence-electron chi connectivity index (χ3n) is 9.13. The van der Waals surface area contributed by atoms with Crippen molar-refractivity contribution in [2.45, 2.75) is 103 Å². The van der Waals surface area contributed by atoms with Gasteiger partial charge in [0.2, 0.25) is 0 Å². The monoisotopic (exact) mass is 554 g/mol. The Morgan fingerprint density at radius 2 is 1.35 bits per heavy atom. The van der Waals surface area contributed by atoms with Crippen LogP contribution in [0.4, 0.5) is 22.0 Å². The molecule has 2 aliphatic rings. The lowest BCUT2D eigenvalue weighted by Crippen LogP contribution is -2.16. The van der Waals surface area contributed by atoms with E-state index in [-0.39, 0.29) is 34.8 Å². The second-order valence-corrected chi connectivity index (χ2v) is 11.9. The molecule has 0 N–H and O–H groups in total. The van der Waals surface area contributed by atoms with Crippen LogP contribution in [-0.2, 0) is 25.7 Å². The molecular weight excluding hydrogens is 515 g/mol. The predicted molar refractivity (Wildman–Crippen MR) is 151 cm³/mol. The van der Waals surface area contributed by atoms with Crippen LogP contribution in [0.3, 0.4) is 0 Å². The fourth-order valence-electron chi connectivity index (χ4n) is 6.86. The lowest BCUT2D eigenvalue weighted by Gasteiger charge is -2.29. The molecule has 0 radical (unpaired) electrons. The first kappa shape index (κ1) is 28.8. The number of benzene rings is 3. The Balaban J connectivity index is 1.24. The average Bonchev–Trinajstić information content (AvgIpc) is 3.32. The van der Waals surface area contributed by atoms with E-state index in [2.05, 4.69) is 6.92 Å². The highest BCUT2D eigenvalue weighted by Gasteiger charge is 2.34. The quantitative estimate of drug-likeness (QED) is 0.135. The molecule has 3 aromatic carbocycles. The summed E-state index contributed by atoms with van der Waals surface area (Å²) >= 11 is 0. The highest BCUT2D eigenvalue weighted by atomic mass is 19.2. The van der Waals surface area contributed by atoms with Gasteiger partial charge in [0.1, 0.15) is 5.82 Å². The number of fused-ring (bicyclic) bond motifs is 3. The minimum Gasteiger partial charge on any atom is -0.207 e. The van der Waals surface area contributed by atoms with Crippen LogP contribution in [0.5, 0.6) is 0 Å². The lowest BCUT2D eigenvalue weighted by atomic mass is 9.76. The molecule has 0 unspecified atom stereocenters. The van der Waals surface area contributed by atoms with Crippen LogP contribution in [-0.4, -0.2) is 0 Å². The summed E-state index contributed by atoms with van der Waals surface area (Å²) in [6.45, 7) is 4.05. The molecule has 3 aromatic rings. The van der Waals surface area contributed by atoms with Gasteiger partial charge in [-0.15, -0.1) is 0 Å². The van der Waals surface area contributed by atoms with Crippen molar-refractivity contribution >= 4 is 0 Å². The van der Waals surface area contributed by atoms with Crippen molar-refractivity contribution in [3.63, 3.8) is 0 Å². The van der Waals surface area contributed by atoms with Gasteiger partial charge in [-0.1, -0.05) is 57.4 Å². The number of unbranched alkanes of at least 4 members (excludes halogenated alkanes) is 2. The van der Waals surface area contributed by atoms with Gasteiger partial charge >= 0.3 is 0 Å². The van der Waals surface area contributed by atoms with Gasteiger partial charge in [-0.05, 0) is 115 Å². The number of rotatable bonds is 10. The highest BCUT2D eigenvalue weighted by molar-refractivity contribution is 5.79. The zero-order valence-electron chi connectivity index (χ0n) is 23.6. The van der Waals surface area contributed by atoms with E-state index in [1.165, 1.54) is 0 Å². The van der Waals surface area contributed by atoms with Gasteiger partial charge in [0.05, 0.1) is 0 Å². The largest absolute Gasteiger partial charge is 0.207 e. The number of hydrogen-bond donors (Lipinski definition) is 0. The van der Waals surface area contributed by atoms with Crippen LogP contribution in [0.25, 0.3) is 11.1 Å². The molecule has 1 saturated carbocycles. The van der Waals surface area contributed by atoms with E-state index in [9.17, 15) is 13.2 Å². The van der Waals surface area contributed by atoms with Crippen molar-refractivity contribution in [3.05, 3.63) is 92.8 Å². The topological polar surface area (TPSA) is 0 Å². The second-order valence-electron chi connectivity index (χ2n) is 11.9. The Morgan fingerprint density at radius 3 is 2.02 bits per heavy atom. The summed E-state index contributed by atoms with van der Waals surface area (Å²) in [6.07, 6.45) is 10.4. The van der Waals surface area contributed by atoms with E-state index in [0.717, 1.165) is 68.9 Å². The molecule has 0 bridgehead atoms. The minimum absolute atomic E-state index is 0.115. The summed E-state index contributed by atoms with van der Waals surface area (Å²) in [5.41, 5.74) is 3.25. The Morgan fingerprint density at radius 1 is 0.650 bits per heavy atom. The standard InChI is InChI=1S/C35H39F5/c1-3-5-6-8-22-12-16-24(29(36)17-22)15-11-21-9-13-23(14-10-21)28-20-27-19-26-18-25(7-4-2)32(37)34(39)30(26)31(27)35(40)33(28)38/h12,16-18,20-21,23H,3-11,13-15,19H2,1-2H3. The molecule has 0 spiro atoms. The third kappa shape index (κ3) is 5.71.